The van der Waals surface area contributed by atoms with Gasteiger partial charge in [0.25, 0.3) is 0 Å². The molecule has 0 aromatic heterocycles. The van der Waals surface area contributed by atoms with E-state index in [0.717, 1.165) is 25.8 Å². The Morgan fingerprint density at radius 1 is 1.10 bits per heavy atom. The fraction of sp³-hybridized carbons (Fsp3) is 0.905. The first-order valence-corrected chi connectivity index (χ1v) is 10.9. The van der Waals surface area contributed by atoms with Crippen LogP contribution < -0.4 is 10.6 Å². The first-order valence-electron chi connectivity index (χ1n) is 10.9. The highest BCUT2D eigenvalue weighted by Crippen LogP contribution is 2.27. The molecule has 0 rings (SSSR count). The minimum absolute atomic E-state index is 0.0151. The van der Waals surface area contributed by atoms with Crippen molar-refractivity contribution in [1.29, 1.82) is 0 Å². The van der Waals surface area contributed by atoms with Crippen molar-refractivity contribution >= 4 is 12.2 Å². The molecule has 0 saturated heterocycles. The Morgan fingerprint density at radius 3 is 2.29 bits per heavy atom. The zero-order valence-electron chi connectivity index (χ0n) is 20.5. The predicted molar refractivity (Wildman–Crippen MR) is 122 cm³/mol. The molecule has 0 heterocycles. The van der Waals surface area contributed by atoms with E-state index in [0.29, 0.717) is 13.0 Å². The second kappa shape index (κ2) is 14.0. The zero-order chi connectivity index (χ0) is 24.1. The van der Waals surface area contributed by atoms with E-state index in [2.05, 4.69) is 20.7 Å². The summed E-state index contributed by atoms with van der Waals surface area (Å²) in [5, 5.41) is 9.25. The molecule has 180 valence electrons. The second-order valence-corrected chi connectivity index (χ2v) is 9.83. The molecule has 0 aliphatic carbocycles. The number of azide groups is 1. The maximum absolute atomic E-state index is 12.3. The van der Waals surface area contributed by atoms with Crippen molar-refractivity contribution in [2.24, 2.45) is 10.5 Å². The molecule has 0 fully saturated rings. The molecular weight excluding hydrogens is 400 g/mol. The van der Waals surface area contributed by atoms with Crippen LogP contribution in [0.2, 0.25) is 0 Å². The number of amides is 2. The van der Waals surface area contributed by atoms with Crippen LogP contribution in [0.5, 0.6) is 0 Å². The summed E-state index contributed by atoms with van der Waals surface area (Å²) in [6.45, 7) is 12.7. The smallest absolute Gasteiger partial charge is 0.407 e. The Bertz CT molecular complexity index is 597. The maximum Gasteiger partial charge on any atom is 0.407 e. The van der Waals surface area contributed by atoms with E-state index in [9.17, 15) is 9.59 Å². The van der Waals surface area contributed by atoms with Crippen molar-refractivity contribution in [2.75, 3.05) is 33.7 Å². The normalized spacial score (nSPS) is 13.7. The number of carbonyl (C=O) groups is 2. The van der Waals surface area contributed by atoms with Gasteiger partial charge in [-0.3, -0.25) is 0 Å². The highest BCUT2D eigenvalue weighted by Gasteiger charge is 2.32. The van der Waals surface area contributed by atoms with E-state index in [1.165, 1.54) is 0 Å². The van der Waals surface area contributed by atoms with Gasteiger partial charge in [-0.2, -0.15) is 0 Å². The Kier molecular flexibility index (Phi) is 13.0. The van der Waals surface area contributed by atoms with Gasteiger partial charge < -0.3 is 25.0 Å². The van der Waals surface area contributed by atoms with E-state index in [1.807, 2.05) is 60.5 Å². The Morgan fingerprint density at radius 2 is 1.74 bits per heavy atom. The third kappa shape index (κ3) is 15.3. The topological polar surface area (TPSA) is 129 Å². The molecule has 2 N–H and O–H groups in total. The summed E-state index contributed by atoms with van der Waals surface area (Å²) in [6, 6.07) is -0.0151. The molecule has 0 aromatic carbocycles. The zero-order valence-corrected chi connectivity index (χ0v) is 20.5. The molecule has 2 amide bonds. The number of hydrogen-bond donors (Lipinski definition) is 2. The number of rotatable bonds is 13. The Labute approximate surface area is 187 Å². The number of ether oxygens (including phenoxy) is 2. The summed E-state index contributed by atoms with van der Waals surface area (Å²) in [6.07, 6.45) is 1.75. The van der Waals surface area contributed by atoms with Crippen molar-refractivity contribution < 1.29 is 19.1 Å². The van der Waals surface area contributed by atoms with Crippen LogP contribution in [-0.2, 0) is 9.47 Å². The van der Waals surface area contributed by atoms with Crippen LogP contribution in [0.15, 0.2) is 5.11 Å². The van der Waals surface area contributed by atoms with E-state index in [1.54, 1.807) is 0 Å². The standard InChI is InChI=1S/C21H42N6O4/c1-16(25-19(29)31-20(2,3)4)11-9-10-13-23-18(28)30-17(12-14-27(7)8)21(5,6)15-24-26-22/h16-17H,9-15H2,1-8H3,(H,23,28)(H,25,29)/t16-,17?/m1/s1. The molecule has 1 unspecified atom stereocenters. The van der Waals surface area contributed by atoms with Crippen LogP contribution in [0.4, 0.5) is 9.59 Å². The lowest BCUT2D eigenvalue weighted by Gasteiger charge is -2.33. The van der Waals surface area contributed by atoms with Crippen molar-refractivity contribution in [3.63, 3.8) is 0 Å². The molecule has 0 aliphatic rings. The van der Waals surface area contributed by atoms with Gasteiger partial charge in [-0.1, -0.05) is 19.0 Å². The van der Waals surface area contributed by atoms with Gasteiger partial charge in [0, 0.05) is 36.0 Å². The third-order valence-corrected chi connectivity index (χ3v) is 4.60. The Balaban J connectivity index is 4.35. The summed E-state index contributed by atoms with van der Waals surface area (Å²) in [5.41, 5.74) is 7.63. The summed E-state index contributed by atoms with van der Waals surface area (Å²) in [4.78, 5) is 28.9. The van der Waals surface area contributed by atoms with Crippen LogP contribution in [0.1, 0.15) is 67.2 Å². The highest BCUT2D eigenvalue weighted by atomic mass is 16.6. The van der Waals surface area contributed by atoms with Crippen LogP contribution >= 0.6 is 0 Å². The fourth-order valence-electron chi connectivity index (χ4n) is 2.82. The lowest BCUT2D eigenvalue weighted by Crippen LogP contribution is -2.41. The van der Waals surface area contributed by atoms with Crippen LogP contribution in [0, 0.1) is 5.41 Å². The lowest BCUT2D eigenvalue weighted by atomic mass is 9.84. The largest absolute Gasteiger partial charge is 0.446 e. The molecular formula is C21H42N6O4. The van der Waals surface area contributed by atoms with Crippen LogP contribution in [0.3, 0.4) is 0 Å². The number of nitrogens with one attached hydrogen (secondary N) is 2. The van der Waals surface area contributed by atoms with Gasteiger partial charge in [-0.25, -0.2) is 9.59 Å². The summed E-state index contributed by atoms with van der Waals surface area (Å²) in [5.74, 6) is 0. The second-order valence-electron chi connectivity index (χ2n) is 9.83. The molecule has 0 radical (unpaired) electrons. The molecule has 0 aliphatic heterocycles. The average Bonchev–Trinajstić information content (AvgIpc) is 2.61. The summed E-state index contributed by atoms with van der Waals surface area (Å²) >= 11 is 0. The Hall–Kier alpha value is -2.19. The average molecular weight is 443 g/mol. The SMILES string of the molecule is C[C@H](CCCCNC(=O)OC(CCN(C)C)C(C)(C)CN=[N+]=[N-])NC(=O)OC(C)(C)C. The van der Waals surface area contributed by atoms with Gasteiger partial charge in [0.15, 0.2) is 0 Å². The van der Waals surface area contributed by atoms with Gasteiger partial charge in [-0.15, -0.1) is 0 Å². The summed E-state index contributed by atoms with van der Waals surface area (Å²) in [7, 11) is 3.91. The summed E-state index contributed by atoms with van der Waals surface area (Å²) < 4.78 is 10.9. The number of alkyl carbamates (subject to hydrolysis) is 2. The molecule has 0 spiro atoms. The highest BCUT2D eigenvalue weighted by molar-refractivity contribution is 5.68. The molecule has 31 heavy (non-hydrogen) atoms. The quantitative estimate of drug-likeness (QED) is 0.188. The van der Waals surface area contributed by atoms with Crippen molar-refractivity contribution in [3.8, 4) is 0 Å². The fourth-order valence-corrected chi connectivity index (χ4v) is 2.82. The first kappa shape index (κ1) is 28.8. The van der Waals surface area contributed by atoms with E-state index < -0.39 is 23.2 Å². The molecule has 0 bridgehead atoms. The van der Waals surface area contributed by atoms with Crippen molar-refractivity contribution in [2.45, 2.75) is 85.0 Å². The van der Waals surface area contributed by atoms with Crippen molar-refractivity contribution in [3.05, 3.63) is 10.4 Å². The predicted octanol–water partition coefficient (Wildman–Crippen LogP) is 4.45. The van der Waals surface area contributed by atoms with Gasteiger partial charge in [0.1, 0.15) is 11.7 Å². The van der Waals surface area contributed by atoms with Gasteiger partial charge in [0.2, 0.25) is 0 Å². The van der Waals surface area contributed by atoms with Gasteiger partial charge in [-0.05, 0) is 73.0 Å². The molecule has 0 aromatic rings. The molecule has 10 heteroatoms. The van der Waals surface area contributed by atoms with E-state index in [-0.39, 0.29) is 18.7 Å². The van der Waals surface area contributed by atoms with Crippen molar-refractivity contribution in [1.82, 2.24) is 15.5 Å². The molecule has 0 saturated carbocycles. The first-order chi connectivity index (χ1) is 14.3. The van der Waals surface area contributed by atoms with Gasteiger partial charge in [0.05, 0.1) is 0 Å². The van der Waals surface area contributed by atoms with Gasteiger partial charge >= 0.3 is 12.2 Å². The van der Waals surface area contributed by atoms with Crippen LogP contribution in [0.25, 0.3) is 10.4 Å². The number of nitrogens with zero attached hydrogens (tertiary/aromatic N) is 4. The minimum atomic E-state index is -0.520. The molecule has 2 atom stereocenters. The third-order valence-electron chi connectivity index (χ3n) is 4.60. The number of hydrogen-bond acceptors (Lipinski definition) is 6. The lowest BCUT2D eigenvalue weighted by molar-refractivity contribution is 0.0177. The number of carbonyl (C=O) groups excluding carboxylic acids is 2. The minimum Gasteiger partial charge on any atom is -0.446 e. The maximum atomic E-state index is 12.3. The molecule has 10 nitrogen and oxygen atoms in total. The number of unbranched alkanes of at least 4 members (excludes halogenated alkanes) is 1. The van der Waals surface area contributed by atoms with E-state index >= 15 is 0 Å². The monoisotopic (exact) mass is 442 g/mol. The van der Waals surface area contributed by atoms with E-state index in [4.69, 9.17) is 15.0 Å². The van der Waals surface area contributed by atoms with Crippen LogP contribution in [-0.4, -0.2) is 68.6 Å².